The highest BCUT2D eigenvalue weighted by atomic mass is 32.3. The van der Waals surface area contributed by atoms with E-state index in [0.717, 1.165) is 12.2 Å². The molecular weight excluding hydrogens is 276 g/mol. The molecule has 0 spiro atoms. The predicted molar refractivity (Wildman–Crippen MR) is 94.9 cm³/mol. The zero-order valence-electron chi connectivity index (χ0n) is 13.5. The van der Waals surface area contributed by atoms with Crippen LogP contribution in [0.5, 0.6) is 5.75 Å². The predicted octanol–water partition coefficient (Wildman–Crippen LogP) is 5.14. The summed E-state index contributed by atoms with van der Waals surface area (Å²) in [6.45, 7) is 2.39. The van der Waals surface area contributed by atoms with E-state index < -0.39 is 10.0 Å². The third-order valence-corrected chi connectivity index (χ3v) is 8.09. The molecule has 1 unspecified atom stereocenters. The quantitative estimate of drug-likeness (QED) is 0.718. The highest BCUT2D eigenvalue weighted by Crippen LogP contribution is 2.54. The van der Waals surface area contributed by atoms with Crippen LogP contribution in [0.15, 0.2) is 59.5 Å². The van der Waals surface area contributed by atoms with Crippen molar-refractivity contribution in [1.82, 2.24) is 0 Å². The summed E-state index contributed by atoms with van der Waals surface area (Å²) in [5.41, 5.74) is 1.39. The molecule has 0 aliphatic heterocycles. The minimum absolute atomic E-state index is 0.710. The van der Waals surface area contributed by atoms with Gasteiger partial charge in [0.25, 0.3) is 0 Å². The van der Waals surface area contributed by atoms with Crippen molar-refractivity contribution in [2.45, 2.75) is 29.9 Å². The van der Waals surface area contributed by atoms with Gasteiger partial charge < -0.3 is 4.74 Å². The van der Waals surface area contributed by atoms with Crippen LogP contribution in [0.4, 0.5) is 0 Å². The first kappa shape index (κ1) is 16.0. The lowest BCUT2D eigenvalue weighted by Crippen LogP contribution is -2.14. The van der Waals surface area contributed by atoms with Crippen LogP contribution >= 0.6 is 10.0 Å². The normalized spacial score (nSPS) is 13.7. The highest BCUT2D eigenvalue weighted by Gasteiger charge is 2.22. The van der Waals surface area contributed by atoms with E-state index in [0.29, 0.717) is 5.25 Å². The van der Waals surface area contributed by atoms with Crippen LogP contribution in [-0.2, 0) is 6.42 Å². The fourth-order valence-electron chi connectivity index (χ4n) is 2.46. The molecule has 0 N–H and O–H groups in total. The Bertz CT molecular complexity index is 546. The van der Waals surface area contributed by atoms with Crippen molar-refractivity contribution in [1.29, 1.82) is 0 Å². The number of ether oxygens (including phenoxy) is 1. The van der Waals surface area contributed by atoms with Gasteiger partial charge in [0.2, 0.25) is 0 Å². The van der Waals surface area contributed by atoms with Gasteiger partial charge >= 0.3 is 0 Å². The molecule has 0 saturated heterocycles. The van der Waals surface area contributed by atoms with Crippen molar-refractivity contribution >= 4 is 10.0 Å². The van der Waals surface area contributed by atoms with E-state index in [1.54, 1.807) is 7.11 Å². The van der Waals surface area contributed by atoms with Crippen LogP contribution in [0.3, 0.4) is 0 Å². The van der Waals surface area contributed by atoms with E-state index in [4.69, 9.17) is 4.74 Å². The smallest absolute Gasteiger partial charge is 0.118 e. The van der Waals surface area contributed by atoms with Crippen LogP contribution in [-0.4, -0.2) is 24.9 Å². The summed E-state index contributed by atoms with van der Waals surface area (Å²) in [6.07, 6.45) is 7.22. The highest BCUT2D eigenvalue weighted by molar-refractivity contribution is 8.33. The summed E-state index contributed by atoms with van der Waals surface area (Å²) in [7, 11) is 0.964. The van der Waals surface area contributed by atoms with Crippen molar-refractivity contribution in [3.63, 3.8) is 0 Å². The third-order valence-electron chi connectivity index (χ3n) is 4.36. The maximum atomic E-state index is 5.21. The first-order valence-corrected chi connectivity index (χ1v) is 9.95. The van der Waals surface area contributed by atoms with E-state index in [-0.39, 0.29) is 0 Å². The number of benzene rings is 2. The van der Waals surface area contributed by atoms with Crippen LogP contribution in [0, 0.1) is 0 Å². The van der Waals surface area contributed by atoms with Crippen molar-refractivity contribution in [2.75, 3.05) is 19.6 Å². The number of aryl methyl sites for hydroxylation is 1. The molecule has 0 aromatic heterocycles. The summed E-state index contributed by atoms with van der Waals surface area (Å²) in [4.78, 5) is 1.51. The topological polar surface area (TPSA) is 9.23 Å². The van der Waals surface area contributed by atoms with Crippen LogP contribution in [0.2, 0.25) is 0 Å². The SMILES string of the molecule is COc1ccc(CCC(C)S(C)(C)c2ccccc2)cc1. The molecule has 0 fully saturated rings. The summed E-state index contributed by atoms with van der Waals surface area (Å²) < 4.78 is 5.21. The maximum absolute atomic E-state index is 5.21. The molecular formula is C19H26OS. The second kappa shape index (κ2) is 7.04. The molecule has 0 amide bonds. The Labute approximate surface area is 130 Å². The van der Waals surface area contributed by atoms with Crippen molar-refractivity contribution in [2.24, 2.45) is 0 Å². The number of hydrogen-bond donors (Lipinski definition) is 0. The minimum atomic E-state index is -0.747. The second-order valence-corrected chi connectivity index (χ2v) is 10.0. The van der Waals surface area contributed by atoms with Gasteiger partial charge in [0.1, 0.15) is 5.75 Å². The molecule has 2 heteroatoms. The van der Waals surface area contributed by atoms with E-state index in [1.165, 1.54) is 16.9 Å². The molecule has 2 rings (SSSR count). The summed E-state index contributed by atoms with van der Waals surface area (Å²) in [6, 6.07) is 19.4. The average molecular weight is 302 g/mol. The van der Waals surface area contributed by atoms with Crippen LogP contribution in [0.1, 0.15) is 18.9 Å². The monoisotopic (exact) mass is 302 g/mol. The number of rotatable bonds is 6. The van der Waals surface area contributed by atoms with Gasteiger partial charge in [-0.05, 0) is 53.2 Å². The standard InChI is InChI=1S/C19H26OS/c1-16(21(3,4)19-8-6-5-7-9-19)10-11-17-12-14-18(20-2)15-13-17/h5-9,12-16H,10-11H2,1-4H3. The third kappa shape index (κ3) is 4.04. The molecule has 0 aliphatic rings. The summed E-state index contributed by atoms with van der Waals surface area (Å²) >= 11 is 0. The Morgan fingerprint density at radius 1 is 0.952 bits per heavy atom. The molecule has 2 aromatic rings. The van der Waals surface area contributed by atoms with Gasteiger partial charge in [0, 0.05) is 0 Å². The molecule has 0 bridgehead atoms. The fraction of sp³-hybridized carbons (Fsp3) is 0.368. The lowest BCUT2D eigenvalue weighted by molar-refractivity contribution is 0.414. The van der Waals surface area contributed by atoms with Gasteiger partial charge in [-0.3, -0.25) is 0 Å². The Morgan fingerprint density at radius 3 is 2.14 bits per heavy atom. The Hall–Kier alpha value is -1.41. The zero-order valence-corrected chi connectivity index (χ0v) is 14.3. The number of methoxy groups -OCH3 is 1. The summed E-state index contributed by atoms with van der Waals surface area (Å²) in [5.74, 6) is 0.932. The molecule has 2 aromatic carbocycles. The van der Waals surface area contributed by atoms with Gasteiger partial charge in [-0.2, -0.15) is 0 Å². The molecule has 0 aliphatic carbocycles. The Morgan fingerprint density at radius 2 is 1.57 bits per heavy atom. The van der Waals surface area contributed by atoms with E-state index in [2.05, 4.69) is 74.0 Å². The Kier molecular flexibility index (Phi) is 5.35. The van der Waals surface area contributed by atoms with E-state index in [9.17, 15) is 0 Å². The molecule has 21 heavy (non-hydrogen) atoms. The molecule has 0 saturated carbocycles. The summed E-state index contributed by atoms with van der Waals surface area (Å²) in [5, 5.41) is 0.710. The molecule has 1 atom stereocenters. The average Bonchev–Trinajstić information content (AvgIpc) is 2.53. The van der Waals surface area contributed by atoms with Crippen molar-refractivity contribution < 1.29 is 4.74 Å². The largest absolute Gasteiger partial charge is 0.497 e. The van der Waals surface area contributed by atoms with Gasteiger partial charge in [-0.15, -0.1) is 0 Å². The maximum Gasteiger partial charge on any atom is 0.118 e. The van der Waals surface area contributed by atoms with Gasteiger partial charge in [0.15, 0.2) is 0 Å². The van der Waals surface area contributed by atoms with Crippen LogP contribution in [0.25, 0.3) is 0 Å². The van der Waals surface area contributed by atoms with Gasteiger partial charge in [0.05, 0.1) is 7.11 Å². The second-order valence-electron chi connectivity index (χ2n) is 5.92. The molecule has 0 radical (unpaired) electrons. The minimum Gasteiger partial charge on any atom is -0.497 e. The lowest BCUT2D eigenvalue weighted by Gasteiger charge is -2.38. The number of hydrogen-bond acceptors (Lipinski definition) is 1. The van der Waals surface area contributed by atoms with E-state index in [1.807, 2.05) is 0 Å². The first-order valence-electron chi connectivity index (χ1n) is 7.44. The molecule has 1 nitrogen and oxygen atoms in total. The van der Waals surface area contributed by atoms with Gasteiger partial charge in [-0.1, -0.05) is 49.4 Å². The van der Waals surface area contributed by atoms with Gasteiger partial charge in [-0.25, -0.2) is 10.0 Å². The van der Waals surface area contributed by atoms with Crippen molar-refractivity contribution in [3.05, 3.63) is 60.2 Å². The first-order chi connectivity index (χ1) is 10.0. The van der Waals surface area contributed by atoms with Crippen LogP contribution < -0.4 is 4.74 Å². The van der Waals surface area contributed by atoms with Crippen molar-refractivity contribution in [3.8, 4) is 5.75 Å². The zero-order chi connectivity index (χ0) is 15.3. The lowest BCUT2D eigenvalue weighted by atomic mass is 10.1. The molecule has 114 valence electrons. The Balaban J connectivity index is 1.98. The van der Waals surface area contributed by atoms with E-state index >= 15 is 0 Å². The fourth-order valence-corrected chi connectivity index (χ4v) is 4.49. The molecule has 0 heterocycles.